The lowest BCUT2D eigenvalue weighted by Crippen LogP contribution is -2.34. The van der Waals surface area contributed by atoms with Gasteiger partial charge in [0.1, 0.15) is 5.75 Å². The summed E-state index contributed by atoms with van der Waals surface area (Å²) in [7, 11) is 0. The summed E-state index contributed by atoms with van der Waals surface area (Å²) in [6, 6.07) is 8.88. The molecule has 1 aromatic heterocycles. The molecule has 0 aliphatic carbocycles. The maximum Gasteiger partial charge on any atom is 0.258 e. The molecule has 2 aromatic rings. The van der Waals surface area contributed by atoms with Gasteiger partial charge in [0.15, 0.2) is 6.61 Å². The predicted molar refractivity (Wildman–Crippen MR) is 92.0 cm³/mol. The normalized spacial score (nSPS) is 12.2. The molecule has 0 radical (unpaired) electrons. The van der Waals surface area contributed by atoms with Gasteiger partial charge in [-0.05, 0) is 35.6 Å². The number of amides is 1. The Morgan fingerprint density at radius 1 is 1.32 bits per heavy atom. The fourth-order valence-corrected chi connectivity index (χ4v) is 3.40. The van der Waals surface area contributed by atoms with Crippen LogP contribution in [0.3, 0.4) is 0 Å². The highest BCUT2D eigenvalue weighted by atomic mass is 35.5. The number of carbonyl (C=O) groups excluding carboxylic acids is 1. The summed E-state index contributed by atoms with van der Waals surface area (Å²) in [6.45, 7) is 4.05. The van der Waals surface area contributed by atoms with Gasteiger partial charge < -0.3 is 10.1 Å². The number of hydrogen-bond donors (Lipinski definition) is 1. The molecule has 1 N–H and O–H groups in total. The van der Waals surface area contributed by atoms with Crippen LogP contribution < -0.4 is 10.1 Å². The first-order valence-electron chi connectivity index (χ1n) is 6.88. The molecule has 1 heterocycles. The highest BCUT2D eigenvalue weighted by molar-refractivity contribution is 7.10. The van der Waals surface area contributed by atoms with Gasteiger partial charge >= 0.3 is 0 Å². The second-order valence-electron chi connectivity index (χ2n) is 5.17. The van der Waals surface area contributed by atoms with Crippen LogP contribution in [-0.2, 0) is 4.79 Å². The predicted octanol–water partition coefficient (Wildman–Crippen LogP) is 4.95. The van der Waals surface area contributed by atoms with Crippen LogP contribution in [0.4, 0.5) is 0 Å². The Labute approximate surface area is 144 Å². The van der Waals surface area contributed by atoms with Crippen molar-refractivity contribution in [3.05, 3.63) is 50.6 Å². The first-order valence-corrected chi connectivity index (χ1v) is 8.51. The van der Waals surface area contributed by atoms with Crippen LogP contribution in [-0.4, -0.2) is 12.5 Å². The molecule has 0 aliphatic rings. The first kappa shape index (κ1) is 17.1. The van der Waals surface area contributed by atoms with Gasteiger partial charge in [0.2, 0.25) is 0 Å². The zero-order valence-electron chi connectivity index (χ0n) is 12.3. The molecule has 6 heteroatoms. The van der Waals surface area contributed by atoms with E-state index in [-0.39, 0.29) is 18.6 Å². The minimum atomic E-state index is -0.182. The zero-order valence-corrected chi connectivity index (χ0v) is 14.6. The Hall–Kier alpha value is -1.23. The number of thiophene rings is 1. The van der Waals surface area contributed by atoms with Crippen molar-refractivity contribution >= 4 is 40.4 Å². The molecular formula is C16H17Cl2NO2S. The van der Waals surface area contributed by atoms with Crippen molar-refractivity contribution in [3.8, 4) is 5.75 Å². The molecule has 2 rings (SSSR count). The second-order valence-corrected chi connectivity index (χ2v) is 6.99. The topological polar surface area (TPSA) is 38.3 Å². The third-order valence-corrected chi connectivity index (χ3v) is 4.57. The van der Waals surface area contributed by atoms with Crippen molar-refractivity contribution in [2.45, 2.75) is 19.9 Å². The summed E-state index contributed by atoms with van der Waals surface area (Å²) in [4.78, 5) is 13.2. The van der Waals surface area contributed by atoms with Gasteiger partial charge in [-0.15, -0.1) is 11.3 Å². The maximum absolute atomic E-state index is 12.1. The summed E-state index contributed by atoms with van der Waals surface area (Å²) in [5, 5.41) is 5.91. The first-order chi connectivity index (χ1) is 10.5. The molecule has 1 unspecified atom stereocenters. The molecule has 0 saturated carbocycles. The van der Waals surface area contributed by atoms with E-state index >= 15 is 0 Å². The van der Waals surface area contributed by atoms with E-state index in [0.29, 0.717) is 21.7 Å². The van der Waals surface area contributed by atoms with Crippen molar-refractivity contribution < 1.29 is 9.53 Å². The van der Waals surface area contributed by atoms with E-state index in [9.17, 15) is 4.79 Å². The smallest absolute Gasteiger partial charge is 0.258 e. The van der Waals surface area contributed by atoms with E-state index < -0.39 is 0 Å². The molecular weight excluding hydrogens is 341 g/mol. The third-order valence-electron chi connectivity index (χ3n) is 3.09. The van der Waals surface area contributed by atoms with Crippen LogP contribution in [0.1, 0.15) is 24.8 Å². The number of benzene rings is 1. The Morgan fingerprint density at radius 3 is 2.68 bits per heavy atom. The molecule has 0 bridgehead atoms. The molecule has 22 heavy (non-hydrogen) atoms. The Kier molecular flexibility index (Phi) is 6.12. The summed E-state index contributed by atoms with van der Waals surface area (Å²) in [6.07, 6.45) is 0. The fourth-order valence-electron chi connectivity index (χ4n) is 1.99. The minimum Gasteiger partial charge on any atom is -0.482 e. The summed E-state index contributed by atoms with van der Waals surface area (Å²) in [5.74, 6) is 0.554. The maximum atomic E-state index is 12.1. The quantitative estimate of drug-likeness (QED) is 0.794. The molecule has 0 fully saturated rings. The Balaban J connectivity index is 1.94. The van der Waals surface area contributed by atoms with Gasteiger partial charge in [-0.1, -0.05) is 43.1 Å². The largest absolute Gasteiger partial charge is 0.482 e. The lowest BCUT2D eigenvalue weighted by molar-refractivity contribution is -0.124. The summed E-state index contributed by atoms with van der Waals surface area (Å²) >= 11 is 13.5. The Bertz CT molecular complexity index is 629. The average molecular weight is 358 g/mol. The van der Waals surface area contributed by atoms with Gasteiger partial charge in [0.05, 0.1) is 11.1 Å². The average Bonchev–Trinajstić information content (AvgIpc) is 2.97. The van der Waals surface area contributed by atoms with Crippen LogP contribution in [0, 0.1) is 5.92 Å². The van der Waals surface area contributed by atoms with E-state index in [0.717, 1.165) is 4.88 Å². The lowest BCUT2D eigenvalue weighted by atomic mass is 10.0. The number of halogens is 2. The van der Waals surface area contributed by atoms with E-state index in [2.05, 4.69) is 19.2 Å². The second kappa shape index (κ2) is 7.86. The van der Waals surface area contributed by atoms with Crippen LogP contribution in [0.15, 0.2) is 35.7 Å². The zero-order chi connectivity index (χ0) is 16.1. The molecule has 3 nitrogen and oxygen atoms in total. The standard InChI is InChI=1S/C16H17Cl2NO2S/c1-10(2)16(14-4-3-7-22-14)19-15(20)9-21-13-6-5-11(17)8-12(13)18/h3-8,10,16H,9H2,1-2H3,(H,19,20). The molecule has 0 aliphatic heterocycles. The summed E-state index contributed by atoms with van der Waals surface area (Å²) in [5.41, 5.74) is 0. The number of hydrogen-bond acceptors (Lipinski definition) is 3. The fraction of sp³-hybridized carbons (Fsp3) is 0.312. The van der Waals surface area contributed by atoms with Crippen LogP contribution >= 0.6 is 34.5 Å². The van der Waals surface area contributed by atoms with Crippen molar-refractivity contribution in [1.29, 1.82) is 0 Å². The monoisotopic (exact) mass is 357 g/mol. The molecule has 118 valence electrons. The molecule has 1 aromatic carbocycles. The van der Waals surface area contributed by atoms with E-state index in [1.54, 1.807) is 29.5 Å². The van der Waals surface area contributed by atoms with Crippen LogP contribution in [0.25, 0.3) is 0 Å². The van der Waals surface area contributed by atoms with E-state index in [1.165, 1.54) is 0 Å². The van der Waals surface area contributed by atoms with Gasteiger partial charge in [-0.25, -0.2) is 0 Å². The summed E-state index contributed by atoms with van der Waals surface area (Å²) < 4.78 is 5.45. The molecule has 0 spiro atoms. The van der Waals surface area contributed by atoms with Gasteiger partial charge in [-0.3, -0.25) is 4.79 Å². The highest BCUT2D eigenvalue weighted by Crippen LogP contribution is 2.28. The number of nitrogens with one attached hydrogen (secondary N) is 1. The molecule has 1 atom stereocenters. The van der Waals surface area contributed by atoms with Crippen molar-refractivity contribution in [1.82, 2.24) is 5.32 Å². The number of carbonyl (C=O) groups is 1. The van der Waals surface area contributed by atoms with Crippen LogP contribution in [0.5, 0.6) is 5.75 Å². The van der Waals surface area contributed by atoms with E-state index in [4.69, 9.17) is 27.9 Å². The van der Waals surface area contributed by atoms with Gasteiger partial charge in [0, 0.05) is 9.90 Å². The Morgan fingerprint density at radius 2 is 2.09 bits per heavy atom. The third kappa shape index (κ3) is 4.63. The molecule has 0 saturated heterocycles. The van der Waals surface area contributed by atoms with E-state index in [1.807, 2.05) is 17.5 Å². The van der Waals surface area contributed by atoms with Gasteiger partial charge in [-0.2, -0.15) is 0 Å². The van der Waals surface area contributed by atoms with Crippen molar-refractivity contribution in [2.75, 3.05) is 6.61 Å². The number of rotatable bonds is 6. The van der Waals surface area contributed by atoms with Crippen molar-refractivity contribution in [3.63, 3.8) is 0 Å². The lowest BCUT2D eigenvalue weighted by Gasteiger charge is -2.21. The SMILES string of the molecule is CC(C)C(NC(=O)COc1ccc(Cl)cc1Cl)c1cccs1. The number of ether oxygens (including phenoxy) is 1. The minimum absolute atomic E-state index is 0.0169. The van der Waals surface area contributed by atoms with Crippen molar-refractivity contribution in [2.24, 2.45) is 5.92 Å². The van der Waals surface area contributed by atoms with Gasteiger partial charge in [0.25, 0.3) is 5.91 Å². The molecule has 1 amide bonds. The highest BCUT2D eigenvalue weighted by Gasteiger charge is 2.19. The van der Waals surface area contributed by atoms with Crippen LogP contribution in [0.2, 0.25) is 10.0 Å².